The van der Waals surface area contributed by atoms with Crippen LogP contribution in [0.15, 0.2) is 17.1 Å². The number of ketones is 1. The summed E-state index contributed by atoms with van der Waals surface area (Å²) in [5.74, 6) is -5.87. The zero-order chi connectivity index (χ0) is 34.1. The number of aromatic amines is 1. The lowest BCUT2D eigenvalue weighted by Crippen LogP contribution is -2.43. The first kappa shape index (κ1) is 36.3. The summed E-state index contributed by atoms with van der Waals surface area (Å²) in [6.07, 6.45) is 2.37. The number of carboxylic acid groups (broad SMARTS) is 2. The SMILES string of the molecule is COc1nc(C(SC[C@H](NC(C)=O)C(=O)O)C2CCCC(C(SC[C@H](NC(C)=O)C(=O)O)c3cc(=O)[nH]c(C)n3)C2=O)ncc1O. The van der Waals surface area contributed by atoms with Crippen molar-refractivity contribution in [3.63, 3.8) is 0 Å². The number of ether oxygens (including phenoxy) is 1. The summed E-state index contributed by atoms with van der Waals surface area (Å²) in [6, 6.07) is -1.31. The van der Waals surface area contributed by atoms with Crippen molar-refractivity contribution in [3.8, 4) is 11.6 Å². The number of rotatable bonds is 15. The fourth-order valence-corrected chi connectivity index (χ4v) is 7.96. The maximum atomic E-state index is 14.4. The van der Waals surface area contributed by atoms with Crippen molar-refractivity contribution in [2.75, 3.05) is 18.6 Å². The van der Waals surface area contributed by atoms with Gasteiger partial charge in [0.05, 0.1) is 29.5 Å². The van der Waals surface area contributed by atoms with E-state index in [1.807, 2.05) is 0 Å². The highest BCUT2D eigenvalue weighted by molar-refractivity contribution is 7.99. The van der Waals surface area contributed by atoms with Crippen LogP contribution in [0.25, 0.3) is 0 Å². The zero-order valence-electron chi connectivity index (χ0n) is 25.5. The molecular formula is C28H36N6O10S2. The molecule has 1 aliphatic rings. The van der Waals surface area contributed by atoms with Crippen LogP contribution in [0, 0.1) is 18.8 Å². The Bertz CT molecular complexity index is 1520. The monoisotopic (exact) mass is 680 g/mol. The Labute approximate surface area is 271 Å². The van der Waals surface area contributed by atoms with E-state index in [9.17, 15) is 44.1 Å². The van der Waals surface area contributed by atoms with Gasteiger partial charge in [-0.25, -0.2) is 19.6 Å². The molecule has 0 aromatic carbocycles. The van der Waals surface area contributed by atoms with Gasteiger partial charge in [-0.2, -0.15) is 4.98 Å². The van der Waals surface area contributed by atoms with Gasteiger partial charge in [-0.1, -0.05) is 6.42 Å². The molecule has 18 heteroatoms. The molecule has 2 heterocycles. The summed E-state index contributed by atoms with van der Waals surface area (Å²) >= 11 is 2.13. The average Bonchev–Trinajstić information content (AvgIpc) is 2.97. The van der Waals surface area contributed by atoms with Gasteiger partial charge in [0.1, 0.15) is 29.5 Å². The maximum Gasteiger partial charge on any atom is 0.327 e. The molecule has 0 saturated heterocycles. The minimum absolute atomic E-state index is 0.0940. The van der Waals surface area contributed by atoms with E-state index >= 15 is 0 Å². The Morgan fingerprint density at radius 1 is 0.978 bits per heavy atom. The molecular weight excluding hydrogens is 644 g/mol. The molecule has 1 aliphatic carbocycles. The van der Waals surface area contributed by atoms with E-state index in [4.69, 9.17) is 4.74 Å². The number of thioether (sulfide) groups is 2. The largest absolute Gasteiger partial charge is 0.502 e. The first-order chi connectivity index (χ1) is 21.7. The summed E-state index contributed by atoms with van der Waals surface area (Å²) in [4.78, 5) is 89.4. The van der Waals surface area contributed by atoms with Gasteiger partial charge >= 0.3 is 11.9 Å². The highest BCUT2D eigenvalue weighted by Crippen LogP contribution is 2.48. The van der Waals surface area contributed by atoms with Gasteiger partial charge in [0.25, 0.3) is 11.4 Å². The molecule has 2 aromatic heterocycles. The number of aryl methyl sites for hydroxylation is 1. The normalized spacial score (nSPS) is 18.9. The van der Waals surface area contributed by atoms with Crippen LogP contribution in [-0.4, -0.2) is 95.5 Å². The maximum absolute atomic E-state index is 14.4. The minimum Gasteiger partial charge on any atom is -0.502 e. The van der Waals surface area contributed by atoms with E-state index in [2.05, 4.69) is 30.6 Å². The molecule has 0 spiro atoms. The number of hydrogen-bond acceptors (Lipinski definition) is 13. The highest BCUT2D eigenvalue weighted by Gasteiger charge is 2.43. The number of aromatic nitrogens is 4. The number of carbonyl (C=O) groups excluding carboxylic acids is 3. The molecule has 46 heavy (non-hydrogen) atoms. The third-order valence-corrected chi connectivity index (χ3v) is 9.98. The van der Waals surface area contributed by atoms with Crippen LogP contribution >= 0.6 is 23.5 Å². The molecule has 4 unspecified atom stereocenters. The Morgan fingerprint density at radius 2 is 1.52 bits per heavy atom. The predicted molar refractivity (Wildman–Crippen MR) is 167 cm³/mol. The second kappa shape index (κ2) is 16.4. The summed E-state index contributed by atoms with van der Waals surface area (Å²) in [6.45, 7) is 3.95. The van der Waals surface area contributed by atoms with Crippen LogP contribution in [-0.2, 0) is 24.0 Å². The third kappa shape index (κ3) is 9.65. The number of nitrogens with one attached hydrogen (secondary N) is 3. The van der Waals surface area contributed by atoms with E-state index in [1.54, 1.807) is 6.92 Å². The molecule has 250 valence electrons. The van der Waals surface area contributed by atoms with Crippen molar-refractivity contribution in [1.82, 2.24) is 30.6 Å². The summed E-state index contributed by atoms with van der Waals surface area (Å²) < 4.78 is 5.14. The molecule has 6 atom stereocenters. The Balaban J connectivity index is 2.04. The van der Waals surface area contributed by atoms with Crippen molar-refractivity contribution in [2.45, 2.75) is 62.6 Å². The number of H-pyrrole nitrogens is 1. The second-order valence-electron chi connectivity index (χ2n) is 10.6. The van der Waals surface area contributed by atoms with E-state index in [0.717, 1.165) is 29.7 Å². The Hall–Kier alpha value is -4.19. The van der Waals surface area contributed by atoms with Gasteiger partial charge in [-0.15, -0.1) is 23.5 Å². The van der Waals surface area contributed by atoms with Crippen LogP contribution < -0.4 is 20.9 Å². The van der Waals surface area contributed by atoms with Crippen LogP contribution in [0.5, 0.6) is 11.6 Å². The van der Waals surface area contributed by atoms with Crippen molar-refractivity contribution in [2.24, 2.45) is 11.8 Å². The van der Waals surface area contributed by atoms with Crippen LogP contribution in [0.3, 0.4) is 0 Å². The summed E-state index contributed by atoms with van der Waals surface area (Å²) in [5.41, 5.74) is -0.194. The van der Waals surface area contributed by atoms with E-state index < -0.39 is 63.7 Å². The van der Waals surface area contributed by atoms with Crippen molar-refractivity contribution < 1.29 is 44.0 Å². The molecule has 0 bridgehead atoms. The molecule has 2 aromatic rings. The lowest BCUT2D eigenvalue weighted by Gasteiger charge is -2.36. The summed E-state index contributed by atoms with van der Waals surface area (Å²) in [5, 5.41) is 32.6. The number of amides is 2. The number of carbonyl (C=O) groups is 5. The number of nitrogens with zero attached hydrogens (tertiary/aromatic N) is 3. The van der Waals surface area contributed by atoms with Crippen LogP contribution in [0.2, 0.25) is 0 Å². The molecule has 0 radical (unpaired) electrons. The molecule has 2 amide bonds. The molecule has 0 aliphatic heterocycles. The number of hydrogen-bond donors (Lipinski definition) is 6. The van der Waals surface area contributed by atoms with Crippen LogP contribution in [0.1, 0.15) is 61.0 Å². The molecule has 1 fully saturated rings. The van der Waals surface area contributed by atoms with E-state index in [1.165, 1.54) is 27.0 Å². The van der Waals surface area contributed by atoms with Crippen molar-refractivity contribution in [3.05, 3.63) is 40.0 Å². The van der Waals surface area contributed by atoms with Gasteiger partial charge in [0.2, 0.25) is 11.8 Å². The Morgan fingerprint density at radius 3 is 2.02 bits per heavy atom. The standard InChI is InChI=1S/C28H36N6O10S2/c1-12-30-17(8-21(38)31-12)23(45-10-18(27(40)41)32-13(2)35)15-6-5-7-16(22(15)39)24(25-29-9-20(37)26(34-25)44-4)46-11-19(28(42)43)33-14(3)36/h8-9,15-16,18-19,23-24,37H,5-7,10-11H2,1-4H3,(H,32,35)(H,33,36)(H,40,41)(H,42,43)(H,30,31,38)/t15?,16?,18-,19-,23?,24?/m0/s1. The van der Waals surface area contributed by atoms with Crippen molar-refractivity contribution >= 4 is 53.1 Å². The molecule has 3 rings (SSSR count). The smallest absolute Gasteiger partial charge is 0.327 e. The minimum atomic E-state index is -1.29. The van der Waals surface area contributed by atoms with Crippen LogP contribution in [0.4, 0.5) is 0 Å². The Kier molecular flexibility index (Phi) is 12.9. The van der Waals surface area contributed by atoms with Gasteiger partial charge in [0, 0.05) is 43.3 Å². The first-order valence-corrected chi connectivity index (χ1v) is 16.3. The number of methoxy groups -OCH3 is 1. The van der Waals surface area contributed by atoms with E-state index in [-0.39, 0.29) is 40.4 Å². The molecule has 6 N–H and O–H groups in total. The quantitative estimate of drug-likeness (QED) is 0.153. The topological polar surface area (TPSA) is 251 Å². The van der Waals surface area contributed by atoms with Crippen molar-refractivity contribution in [1.29, 1.82) is 0 Å². The van der Waals surface area contributed by atoms with E-state index in [0.29, 0.717) is 25.1 Å². The third-order valence-electron chi connectivity index (χ3n) is 7.10. The first-order valence-electron chi connectivity index (χ1n) is 14.2. The fraction of sp³-hybridized carbons (Fsp3) is 0.536. The zero-order valence-corrected chi connectivity index (χ0v) is 27.1. The molecule has 16 nitrogen and oxygen atoms in total. The number of carboxylic acids is 2. The lowest BCUT2D eigenvalue weighted by molar-refractivity contribution is -0.141. The van der Waals surface area contributed by atoms with Gasteiger partial charge < -0.3 is 35.7 Å². The summed E-state index contributed by atoms with van der Waals surface area (Å²) in [7, 11) is 1.29. The second-order valence-corrected chi connectivity index (χ2v) is 13.0. The highest BCUT2D eigenvalue weighted by atomic mass is 32.2. The molecule has 1 saturated carbocycles. The fourth-order valence-electron chi connectivity index (χ4n) is 5.14. The van der Waals surface area contributed by atoms with Gasteiger partial charge in [-0.3, -0.25) is 19.2 Å². The lowest BCUT2D eigenvalue weighted by atomic mass is 9.76. The average molecular weight is 681 g/mol. The number of aliphatic carboxylic acids is 2. The van der Waals surface area contributed by atoms with Gasteiger partial charge in [0.15, 0.2) is 5.75 Å². The number of Topliss-reactive ketones (excluding diaryl/α,β-unsaturated/α-hetero) is 1. The predicted octanol–water partition coefficient (Wildman–Crippen LogP) is 0.995. The number of aromatic hydroxyl groups is 1. The van der Waals surface area contributed by atoms with Gasteiger partial charge in [-0.05, 0) is 19.8 Å².